The van der Waals surface area contributed by atoms with Crippen molar-refractivity contribution in [3.8, 4) is 0 Å². The normalized spacial score (nSPS) is 11.5. The summed E-state index contributed by atoms with van der Waals surface area (Å²) in [4.78, 5) is 2.31. The Kier molecular flexibility index (Phi) is 8.40. The van der Waals surface area contributed by atoms with Crippen LogP contribution in [0.25, 0.3) is 0 Å². The molecule has 0 unspecified atom stereocenters. The van der Waals surface area contributed by atoms with Crippen LogP contribution in [0.5, 0.6) is 0 Å². The Balaban J connectivity index is 3.27. The largest absolute Gasteiger partial charge is 0.380 e. The van der Waals surface area contributed by atoms with Gasteiger partial charge in [0.1, 0.15) is 0 Å². The molecule has 2 N–H and O–H groups in total. The van der Waals surface area contributed by atoms with Gasteiger partial charge in [0.2, 0.25) is 0 Å². The van der Waals surface area contributed by atoms with Crippen molar-refractivity contribution in [2.75, 3.05) is 39.4 Å². The van der Waals surface area contributed by atoms with Crippen LogP contribution in [-0.4, -0.2) is 44.3 Å². The van der Waals surface area contributed by atoms with Crippen LogP contribution < -0.4 is 5.73 Å². The van der Waals surface area contributed by atoms with Crippen LogP contribution in [-0.2, 0) is 4.74 Å². The molecule has 0 heterocycles. The van der Waals surface area contributed by atoms with E-state index in [1.807, 2.05) is 0 Å². The number of nitrogens with two attached hydrogens (primary N) is 1. The van der Waals surface area contributed by atoms with Crippen molar-refractivity contribution in [1.82, 2.24) is 4.90 Å². The molecule has 3 heteroatoms. The molecule has 0 aromatic heterocycles. The van der Waals surface area contributed by atoms with Gasteiger partial charge in [-0.1, -0.05) is 20.8 Å². The van der Waals surface area contributed by atoms with Gasteiger partial charge in [0.05, 0.1) is 6.61 Å². The molecule has 0 saturated carbocycles. The van der Waals surface area contributed by atoms with Crippen molar-refractivity contribution < 1.29 is 4.74 Å². The Morgan fingerprint density at radius 3 is 2.46 bits per heavy atom. The summed E-state index contributed by atoms with van der Waals surface area (Å²) in [5.41, 5.74) is 5.47. The molecule has 13 heavy (non-hydrogen) atoms. The van der Waals surface area contributed by atoms with Crippen LogP contribution in [0.2, 0.25) is 0 Å². The summed E-state index contributed by atoms with van der Waals surface area (Å²) in [5.74, 6) is 0.629. The molecule has 3 nitrogen and oxygen atoms in total. The van der Waals surface area contributed by atoms with Gasteiger partial charge in [-0.2, -0.15) is 0 Å². The third-order valence-electron chi connectivity index (χ3n) is 1.90. The van der Waals surface area contributed by atoms with Gasteiger partial charge in [0.25, 0.3) is 0 Å². The van der Waals surface area contributed by atoms with Crippen molar-refractivity contribution in [3.05, 3.63) is 0 Å². The molecule has 0 aliphatic rings. The second-order valence-electron chi connectivity index (χ2n) is 3.69. The Hall–Kier alpha value is -0.120. The van der Waals surface area contributed by atoms with E-state index >= 15 is 0 Å². The third kappa shape index (κ3) is 8.22. The van der Waals surface area contributed by atoms with Crippen LogP contribution in [0.4, 0.5) is 0 Å². The minimum Gasteiger partial charge on any atom is -0.380 e. The molecular weight excluding hydrogens is 164 g/mol. The SMILES string of the molecule is CCN(CCN)CCOCC(C)C. The topological polar surface area (TPSA) is 38.5 Å². The monoisotopic (exact) mass is 188 g/mol. The molecular formula is C10H24N2O. The average molecular weight is 188 g/mol. The lowest BCUT2D eigenvalue weighted by Crippen LogP contribution is -2.32. The Morgan fingerprint density at radius 2 is 2.00 bits per heavy atom. The molecule has 0 aromatic carbocycles. The van der Waals surface area contributed by atoms with E-state index in [-0.39, 0.29) is 0 Å². The first-order valence-electron chi connectivity index (χ1n) is 5.20. The summed E-state index contributed by atoms with van der Waals surface area (Å²) in [6.07, 6.45) is 0. The zero-order chi connectivity index (χ0) is 10.1. The van der Waals surface area contributed by atoms with Crippen LogP contribution in [0.3, 0.4) is 0 Å². The van der Waals surface area contributed by atoms with Gasteiger partial charge in [-0.3, -0.25) is 0 Å². The number of likely N-dealkylation sites (N-methyl/N-ethyl adjacent to an activating group) is 1. The highest BCUT2D eigenvalue weighted by Gasteiger charge is 2.00. The predicted molar refractivity (Wildman–Crippen MR) is 56.8 cm³/mol. The molecule has 0 atom stereocenters. The number of nitrogens with zero attached hydrogens (tertiary/aromatic N) is 1. The highest BCUT2D eigenvalue weighted by molar-refractivity contribution is 4.54. The summed E-state index contributed by atoms with van der Waals surface area (Å²) in [5, 5.41) is 0. The van der Waals surface area contributed by atoms with Gasteiger partial charge >= 0.3 is 0 Å². The Morgan fingerprint density at radius 1 is 1.31 bits per heavy atom. The summed E-state index contributed by atoms with van der Waals surface area (Å²) < 4.78 is 5.49. The van der Waals surface area contributed by atoms with Gasteiger partial charge in [0.15, 0.2) is 0 Å². The van der Waals surface area contributed by atoms with Crippen molar-refractivity contribution in [2.24, 2.45) is 11.7 Å². The van der Waals surface area contributed by atoms with Crippen LogP contribution in [0, 0.1) is 5.92 Å². The summed E-state index contributed by atoms with van der Waals surface area (Å²) >= 11 is 0. The zero-order valence-corrected chi connectivity index (χ0v) is 9.25. The first-order valence-corrected chi connectivity index (χ1v) is 5.20. The number of rotatable bonds is 8. The lowest BCUT2D eigenvalue weighted by Gasteiger charge is -2.19. The molecule has 0 aliphatic carbocycles. The lowest BCUT2D eigenvalue weighted by molar-refractivity contribution is 0.0875. The third-order valence-corrected chi connectivity index (χ3v) is 1.90. The molecule has 0 radical (unpaired) electrons. The standard InChI is InChI=1S/C10H24N2O/c1-4-12(6-5-11)7-8-13-9-10(2)3/h10H,4-9,11H2,1-3H3. The van der Waals surface area contributed by atoms with Gasteiger partial charge in [-0.25, -0.2) is 0 Å². The molecule has 0 bridgehead atoms. The fraction of sp³-hybridized carbons (Fsp3) is 1.00. The highest BCUT2D eigenvalue weighted by atomic mass is 16.5. The predicted octanol–water partition coefficient (Wildman–Crippen LogP) is 0.940. The van der Waals surface area contributed by atoms with E-state index in [2.05, 4.69) is 25.7 Å². The molecule has 0 aromatic rings. The first kappa shape index (κ1) is 12.9. The van der Waals surface area contributed by atoms with E-state index in [9.17, 15) is 0 Å². The van der Waals surface area contributed by atoms with E-state index in [1.54, 1.807) is 0 Å². The maximum atomic E-state index is 5.49. The van der Waals surface area contributed by atoms with E-state index in [0.29, 0.717) is 5.92 Å². The fourth-order valence-corrected chi connectivity index (χ4v) is 1.12. The molecule has 0 rings (SSSR count). The second-order valence-corrected chi connectivity index (χ2v) is 3.69. The molecule has 0 saturated heterocycles. The van der Waals surface area contributed by atoms with E-state index in [4.69, 9.17) is 10.5 Å². The highest BCUT2D eigenvalue weighted by Crippen LogP contribution is 1.93. The van der Waals surface area contributed by atoms with Crippen molar-refractivity contribution in [2.45, 2.75) is 20.8 Å². The maximum absolute atomic E-state index is 5.49. The molecule has 0 aliphatic heterocycles. The van der Waals surface area contributed by atoms with Crippen molar-refractivity contribution in [3.63, 3.8) is 0 Å². The minimum absolute atomic E-state index is 0.629. The number of hydrogen-bond donors (Lipinski definition) is 1. The van der Waals surface area contributed by atoms with E-state index < -0.39 is 0 Å². The van der Waals surface area contributed by atoms with Gasteiger partial charge in [-0.05, 0) is 12.5 Å². The van der Waals surface area contributed by atoms with Gasteiger partial charge in [-0.15, -0.1) is 0 Å². The zero-order valence-electron chi connectivity index (χ0n) is 9.25. The minimum atomic E-state index is 0.629. The molecule has 0 spiro atoms. The molecule has 0 fully saturated rings. The van der Waals surface area contributed by atoms with E-state index in [0.717, 1.165) is 39.4 Å². The molecule has 0 amide bonds. The summed E-state index contributed by atoms with van der Waals surface area (Å²) in [6, 6.07) is 0. The number of ether oxygens (including phenoxy) is 1. The summed E-state index contributed by atoms with van der Waals surface area (Å²) in [6.45, 7) is 11.9. The van der Waals surface area contributed by atoms with E-state index in [1.165, 1.54) is 0 Å². The lowest BCUT2D eigenvalue weighted by atomic mass is 10.2. The van der Waals surface area contributed by atoms with Crippen LogP contribution in [0.1, 0.15) is 20.8 Å². The smallest absolute Gasteiger partial charge is 0.0593 e. The van der Waals surface area contributed by atoms with Gasteiger partial charge < -0.3 is 15.4 Å². The number of hydrogen-bond acceptors (Lipinski definition) is 3. The van der Waals surface area contributed by atoms with Crippen LogP contribution in [0.15, 0.2) is 0 Å². The summed E-state index contributed by atoms with van der Waals surface area (Å²) in [7, 11) is 0. The quantitative estimate of drug-likeness (QED) is 0.576. The van der Waals surface area contributed by atoms with Crippen molar-refractivity contribution in [1.29, 1.82) is 0 Å². The van der Waals surface area contributed by atoms with Crippen LogP contribution >= 0.6 is 0 Å². The van der Waals surface area contributed by atoms with Gasteiger partial charge in [0, 0.05) is 26.2 Å². The first-order chi connectivity index (χ1) is 6.20. The second kappa shape index (κ2) is 8.48. The maximum Gasteiger partial charge on any atom is 0.0593 e. The average Bonchev–Trinajstić information content (AvgIpc) is 2.10. The fourth-order valence-electron chi connectivity index (χ4n) is 1.12. The Labute approximate surface area is 82.2 Å². The molecule has 80 valence electrons. The Bertz CT molecular complexity index is 107. The van der Waals surface area contributed by atoms with Crippen molar-refractivity contribution >= 4 is 0 Å².